The van der Waals surface area contributed by atoms with Crippen molar-refractivity contribution in [2.75, 3.05) is 30.6 Å². The Labute approximate surface area is 181 Å². The van der Waals surface area contributed by atoms with Crippen molar-refractivity contribution >= 4 is 35.0 Å². The van der Waals surface area contributed by atoms with E-state index >= 15 is 0 Å². The van der Waals surface area contributed by atoms with Gasteiger partial charge in [0.1, 0.15) is 11.5 Å². The van der Waals surface area contributed by atoms with Gasteiger partial charge in [0.2, 0.25) is 11.8 Å². The minimum Gasteiger partial charge on any atom is -0.497 e. The first-order valence-electron chi connectivity index (χ1n) is 10.1. The lowest BCUT2D eigenvalue weighted by molar-refractivity contribution is -0.120. The van der Waals surface area contributed by atoms with E-state index in [-0.39, 0.29) is 23.5 Å². The number of nitrogens with one attached hydrogen (secondary N) is 2. The lowest BCUT2D eigenvalue weighted by Crippen LogP contribution is -2.24. The number of methoxy groups -OCH3 is 2. The quantitative estimate of drug-likeness (QED) is 0.582. The van der Waals surface area contributed by atoms with Crippen LogP contribution >= 0.6 is 11.8 Å². The molecule has 0 atom stereocenters. The highest BCUT2D eigenvalue weighted by atomic mass is 32.2. The molecule has 30 heavy (non-hydrogen) atoms. The molecular weight excluding hydrogens is 400 g/mol. The molecular formula is C23H28N2O4S. The van der Waals surface area contributed by atoms with Crippen LogP contribution in [-0.4, -0.2) is 31.8 Å². The van der Waals surface area contributed by atoms with Gasteiger partial charge in [-0.1, -0.05) is 25.3 Å². The molecule has 3 rings (SSSR count). The maximum atomic E-state index is 12.5. The van der Waals surface area contributed by atoms with Crippen LogP contribution in [0.1, 0.15) is 32.1 Å². The monoisotopic (exact) mass is 428 g/mol. The molecule has 0 radical (unpaired) electrons. The number of carbonyl (C=O) groups is 2. The zero-order valence-electron chi connectivity index (χ0n) is 17.4. The first-order chi connectivity index (χ1) is 14.6. The Morgan fingerprint density at radius 2 is 1.80 bits per heavy atom. The van der Waals surface area contributed by atoms with Crippen molar-refractivity contribution < 1.29 is 19.1 Å². The highest BCUT2D eigenvalue weighted by molar-refractivity contribution is 8.00. The van der Waals surface area contributed by atoms with Crippen molar-refractivity contribution in [3.05, 3.63) is 42.5 Å². The maximum Gasteiger partial charge on any atom is 0.234 e. The largest absolute Gasteiger partial charge is 0.497 e. The average molecular weight is 429 g/mol. The van der Waals surface area contributed by atoms with Gasteiger partial charge in [-0.3, -0.25) is 9.59 Å². The number of hydrogen-bond donors (Lipinski definition) is 2. The number of amides is 2. The Bertz CT molecular complexity index is 881. The first kappa shape index (κ1) is 22.0. The first-order valence-corrected chi connectivity index (χ1v) is 11.1. The molecule has 0 saturated heterocycles. The second-order valence-corrected chi connectivity index (χ2v) is 8.30. The number of thioether (sulfide) groups is 1. The van der Waals surface area contributed by atoms with Crippen LogP contribution in [0.4, 0.5) is 11.4 Å². The lowest BCUT2D eigenvalue weighted by Gasteiger charge is -2.20. The van der Waals surface area contributed by atoms with Gasteiger partial charge in [0.05, 0.1) is 25.7 Å². The number of hydrogen-bond acceptors (Lipinski definition) is 5. The smallest absolute Gasteiger partial charge is 0.234 e. The summed E-state index contributed by atoms with van der Waals surface area (Å²) in [7, 11) is 3.13. The molecule has 2 N–H and O–H groups in total. The number of anilines is 2. The van der Waals surface area contributed by atoms with Crippen LogP contribution in [0.3, 0.4) is 0 Å². The van der Waals surface area contributed by atoms with E-state index in [2.05, 4.69) is 10.6 Å². The Morgan fingerprint density at radius 1 is 1.00 bits per heavy atom. The molecule has 2 aromatic rings. The third-order valence-corrected chi connectivity index (χ3v) is 6.12. The fourth-order valence-corrected chi connectivity index (χ4v) is 4.27. The van der Waals surface area contributed by atoms with Gasteiger partial charge in [0.15, 0.2) is 0 Å². The van der Waals surface area contributed by atoms with E-state index in [1.165, 1.54) is 18.2 Å². The maximum absolute atomic E-state index is 12.5. The zero-order valence-corrected chi connectivity index (χ0v) is 18.2. The molecule has 2 amide bonds. The second kappa shape index (κ2) is 10.9. The van der Waals surface area contributed by atoms with Crippen LogP contribution in [0.25, 0.3) is 0 Å². The molecule has 1 aliphatic rings. The van der Waals surface area contributed by atoms with E-state index in [9.17, 15) is 9.59 Å². The molecule has 0 unspecified atom stereocenters. The SMILES string of the molecule is COc1ccc(OC)c(NC(=O)CSc2cccc(NC(=O)C3CCCCC3)c2)c1. The Hall–Kier alpha value is -2.67. The van der Waals surface area contributed by atoms with Crippen LogP contribution in [0.2, 0.25) is 0 Å². The molecule has 0 heterocycles. The van der Waals surface area contributed by atoms with Crippen LogP contribution in [0, 0.1) is 5.92 Å². The Kier molecular flexibility index (Phi) is 8.02. The molecule has 1 saturated carbocycles. The summed E-state index contributed by atoms with van der Waals surface area (Å²) < 4.78 is 10.5. The summed E-state index contributed by atoms with van der Waals surface area (Å²) >= 11 is 1.41. The summed E-state index contributed by atoms with van der Waals surface area (Å²) in [5, 5.41) is 5.89. The molecule has 160 valence electrons. The molecule has 0 aromatic heterocycles. The molecule has 7 heteroatoms. The van der Waals surface area contributed by atoms with Gasteiger partial charge in [-0.05, 0) is 43.2 Å². The van der Waals surface area contributed by atoms with E-state index in [0.29, 0.717) is 17.2 Å². The fraction of sp³-hybridized carbons (Fsp3) is 0.391. The Balaban J connectivity index is 1.55. The standard InChI is InChI=1S/C23H28N2O4S/c1-28-18-11-12-21(29-2)20(14-18)25-22(26)15-30-19-10-6-9-17(13-19)24-23(27)16-7-4-3-5-8-16/h6,9-14,16H,3-5,7-8,15H2,1-2H3,(H,24,27)(H,25,26). The Morgan fingerprint density at radius 3 is 2.53 bits per heavy atom. The molecule has 1 aliphatic carbocycles. The van der Waals surface area contributed by atoms with E-state index < -0.39 is 0 Å². The van der Waals surface area contributed by atoms with E-state index in [1.54, 1.807) is 32.4 Å². The van der Waals surface area contributed by atoms with Crippen molar-refractivity contribution in [2.24, 2.45) is 5.92 Å². The average Bonchev–Trinajstić information content (AvgIpc) is 2.78. The van der Waals surface area contributed by atoms with Crippen molar-refractivity contribution in [1.29, 1.82) is 0 Å². The zero-order chi connectivity index (χ0) is 21.3. The normalized spacial score (nSPS) is 14.1. The summed E-state index contributed by atoms with van der Waals surface area (Å²) in [5.74, 6) is 1.50. The number of rotatable bonds is 8. The van der Waals surface area contributed by atoms with Crippen LogP contribution in [0.15, 0.2) is 47.4 Å². The van der Waals surface area contributed by atoms with E-state index in [4.69, 9.17) is 9.47 Å². The number of ether oxygens (including phenoxy) is 2. The molecule has 0 bridgehead atoms. The third kappa shape index (κ3) is 6.16. The highest BCUT2D eigenvalue weighted by Gasteiger charge is 2.21. The van der Waals surface area contributed by atoms with Crippen LogP contribution < -0.4 is 20.1 Å². The third-order valence-electron chi connectivity index (χ3n) is 5.13. The summed E-state index contributed by atoms with van der Waals surface area (Å²) in [5.41, 5.74) is 1.33. The summed E-state index contributed by atoms with van der Waals surface area (Å²) in [4.78, 5) is 25.8. The van der Waals surface area contributed by atoms with Crippen molar-refractivity contribution in [2.45, 2.75) is 37.0 Å². The molecule has 0 aliphatic heterocycles. The van der Waals surface area contributed by atoms with Gasteiger partial charge in [-0.2, -0.15) is 0 Å². The highest BCUT2D eigenvalue weighted by Crippen LogP contribution is 2.30. The van der Waals surface area contributed by atoms with Crippen molar-refractivity contribution in [3.8, 4) is 11.5 Å². The second-order valence-electron chi connectivity index (χ2n) is 7.26. The van der Waals surface area contributed by atoms with E-state index in [0.717, 1.165) is 36.3 Å². The topological polar surface area (TPSA) is 76.7 Å². The molecule has 2 aromatic carbocycles. The van der Waals surface area contributed by atoms with Gasteiger partial charge < -0.3 is 20.1 Å². The summed E-state index contributed by atoms with van der Waals surface area (Å²) in [6, 6.07) is 12.9. The van der Waals surface area contributed by atoms with Crippen LogP contribution in [0.5, 0.6) is 11.5 Å². The predicted octanol–water partition coefficient (Wildman–Crippen LogP) is 4.95. The van der Waals surface area contributed by atoms with Crippen molar-refractivity contribution in [1.82, 2.24) is 0 Å². The summed E-state index contributed by atoms with van der Waals surface area (Å²) in [6.45, 7) is 0. The molecule has 6 nitrogen and oxygen atoms in total. The number of benzene rings is 2. The number of carbonyl (C=O) groups excluding carboxylic acids is 2. The van der Waals surface area contributed by atoms with Crippen LogP contribution in [-0.2, 0) is 9.59 Å². The molecule has 1 fully saturated rings. The molecule has 0 spiro atoms. The van der Waals surface area contributed by atoms with Gasteiger partial charge in [-0.15, -0.1) is 11.8 Å². The van der Waals surface area contributed by atoms with Gasteiger partial charge in [-0.25, -0.2) is 0 Å². The minimum absolute atomic E-state index is 0.0970. The van der Waals surface area contributed by atoms with Gasteiger partial charge in [0, 0.05) is 22.6 Å². The fourth-order valence-electron chi connectivity index (χ4n) is 3.52. The minimum atomic E-state index is -0.150. The van der Waals surface area contributed by atoms with Crippen molar-refractivity contribution in [3.63, 3.8) is 0 Å². The lowest BCUT2D eigenvalue weighted by atomic mass is 9.88. The van der Waals surface area contributed by atoms with Gasteiger partial charge in [0.25, 0.3) is 0 Å². The van der Waals surface area contributed by atoms with E-state index in [1.807, 2.05) is 24.3 Å². The predicted molar refractivity (Wildman–Crippen MR) is 121 cm³/mol. The summed E-state index contributed by atoms with van der Waals surface area (Å²) in [6.07, 6.45) is 5.41. The van der Waals surface area contributed by atoms with Gasteiger partial charge >= 0.3 is 0 Å².